The van der Waals surface area contributed by atoms with E-state index in [1.54, 1.807) is 24.3 Å². The van der Waals surface area contributed by atoms with Gasteiger partial charge >= 0.3 is 5.97 Å². The van der Waals surface area contributed by atoms with Gasteiger partial charge in [-0.2, -0.15) is 0 Å². The van der Waals surface area contributed by atoms with Crippen molar-refractivity contribution in [2.75, 3.05) is 14.2 Å². The molecule has 0 unspecified atom stereocenters. The lowest BCUT2D eigenvalue weighted by Gasteiger charge is -2.11. The minimum Gasteiger partial charge on any atom is -0.497 e. The van der Waals surface area contributed by atoms with Crippen molar-refractivity contribution in [3.63, 3.8) is 0 Å². The van der Waals surface area contributed by atoms with Crippen molar-refractivity contribution < 1.29 is 19.4 Å². The Balaban J connectivity index is 2.98. The fraction of sp³-hybridized carbons (Fsp3) is 0.300. The molecule has 4 heteroatoms. The van der Waals surface area contributed by atoms with Crippen molar-refractivity contribution in [2.45, 2.75) is 6.10 Å². The van der Waals surface area contributed by atoms with E-state index in [0.717, 1.165) is 0 Å². The van der Waals surface area contributed by atoms with Crippen LogP contribution in [0.4, 0.5) is 0 Å². The van der Waals surface area contributed by atoms with Gasteiger partial charge in [-0.15, -0.1) is 0 Å². The Kier molecular flexibility index (Phi) is 3.48. The third-order valence-electron chi connectivity index (χ3n) is 1.86. The van der Waals surface area contributed by atoms with E-state index in [4.69, 9.17) is 14.6 Å². The van der Waals surface area contributed by atoms with Gasteiger partial charge in [0.15, 0.2) is 6.10 Å². The molecule has 0 saturated heterocycles. The zero-order valence-electron chi connectivity index (χ0n) is 8.06. The zero-order valence-corrected chi connectivity index (χ0v) is 8.06. The first-order valence-corrected chi connectivity index (χ1v) is 4.08. The molecule has 1 aromatic rings. The minimum atomic E-state index is -1.01. The van der Waals surface area contributed by atoms with Gasteiger partial charge in [0, 0.05) is 7.11 Å². The van der Waals surface area contributed by atoms with E-state index >= 15 is 0 Å². The molecular weight excluding hydrogens is 184 g/mol. The van der Waals surface area contributed by atoms with E-state index < -0.39 is 12.1 Å². The van der Waals surface area contributed by atoms with Gasteiger partial charge in [-0.3, -0.25) is 0 Å². The molecule has 1 N–H and O–H groups in total. The third-order valence-corrected chi connectivity index (χ3v) is 1.86. The molecule has 0 saturated carbocycles. The van der Waals surface area contributed by atoms with E-state index in [0.29, 0.717) is 11.3 Å². The van der Waals surface area contributed by atoms with Crippen LogP contribution in [0.25, 0.3) is 0 Å². The van der Waals surface area contributed by atoms with Gasteiger partial charge in [-0.25, -0.2) is 4.79 Å². The van der Waals surface area contributed by atoms with Crippen LogP contribution in [-0.4, -0.2) is 25.3 Å². The second-order valence-corrected chi connectivity index (χ2v) is 2.73. The predicted molar refractivity (Wildman–Crippen MR) is 50.4 cm³/mol. The van der Waals surface area contributed by atoms with Gasteiger partial charge in [0.2, 0.25) is 0 Å². The normalized spacial score (nSPS) is 12.1. The first kappa shape index (κ1) is 10.5. The molecule has 1 aromatic carbocycles. The molecule has 0 aromatic heterocycles. The van der Waals surface area contributed by atoms with E-state index in [1.807, 2.05) is 0 Å². The summed E-state index contributed by atoms with van der Waals surface area (Å²) in [6, 6.07) is 6.80. The van der Waals surface area contributed by atoms with Crippen molar-refractivity contribution in [3.8, 4) is 5.75 Å². The van der Waals surface area contributed by atoms with Crippen LogP contribution in [0.2, 0.25) is 0 Å². The lowest BCUT2D eigenvalue weighted by molar-refractivity contribution is -0.148. The number of benzene rings is 1. The summed E-state index contributed by atoms with van der Waals surface area (Å²) in [4.78, 5) is 10.8. The number of aliphatic carboxylic acids is 1. The highest BCUT2D eigenvalue weighted by molar-refractivity contribution is 5.74. The SMILES string of the molecule is COc1cccc([C@@H](OC)C(=O)O)c1. The molecule has 0 radical (unpaired) electrons. The largest absolute Gasteiger partial charge is 0.497 e. The number of methoxy groups -OCH3 is 2. The van der Waals surface area contributed by atoms with E-state index in [1.165, 1.54) is 14.2 Å². The van der Waals surface area contributed by atoms with Crippen LogP contribution < -0.4 is 4.74 Å². The monoisotopic (exact) mass is 196 g/mol. The minimum absolute atomic E-state index is 0.569. The summed E-state index contributed by atoms with van der Waals surface area (Å²) >= 11 is 0. The molecule has 0 aliphatic rings. The second kappa shape index (κ2) is 4.62. The molecule has 0 spiro atoms. The van der Waals surface area contributed by atoms with Crippen molar-refractivity contribution in [3.05, 3.63) is 29.8 Å². The number of hydrogen-bond acceptors (Lipinski definition) is 3. The topological polar surface area (TPSA) is 55.8 Å². The van der Waals surface area contributed by atoms with Crippen LogP contribution >= 0.6 is 0 Å². The van der Waals surface area contributed by atoms with Crippen LogP contribution in [0.1, 0.15) is 11.7 Å². The highest BCUT2D eigenvalue weighted by atomic mass is 16.5. The Morgan fingerprint density at radius 2 is 2.14 bits per heavy atom. The van der Waals surface area contributed by atoms with E-state index in [-0.39, 0.29) is 0 Å². The summed E-state index contributed by atoms with van der Waals surface area (Å²) in [6.45, 7) is 0. The molecular formula is C10H12O4. The predicted octanol–water partition coefficient (Wildman–Crippen LogP) is 1.47. The molecule has 4 nitrogen and oxygen atoms in total. The van der Waals surface area contributed by atoms with Crippen molar-refractivity contribution >= 4 is 5.97 Å². The average molecular weight is 196 g/mol. The standard InChI is InChI=1S/C10H12O4/c1-13-8-5-3-4-7(6-8)9(14-2)10(11)12/h3-6,9H,1-2H3,(H,11,12)/t9-/m1/s1. The van der Waals surface area contributed by atoms with Crippen LogP contribution in [0.3, 0.4) is 0 Å². The quantitative estimate of drug-likeness (QED) is 0.792. The summed E-state index contributed by atoms with van der Waals surface area (Å²) in [6.07, 6.45) is -0.940. The number of carboxylic acids is 1. The molecule has 0 aliphatic heterocycles. The number of hydrogen-bond donors (Lipinski definition) is 1. The molecule has 0 fully saturated rings. The fourth-order valence-corrected chi connectivity index (χ4v) is 1.18. The van der Waals surface area contributed by atoms with Crippen LogP contribution in [0.5, 0.6) is 5.75 Å². The maximum Gasteiger partial charge on any atom is 0.337 e. The van der Waals surface area contributed by atoms with Crippen molar-refractivity contribution in [1.82, 2.24) is 0 Å². The Bertz CT molecular complexity index is 322. The molecule has 0 aliphatic carbocycles. The average Bonchev–Trinajstić information content (AvgIpc) is 2.19. The van der Waals surface area contributed by atoms with Crippen LogP contribution in [-0.2, 0) is 9.53 Å². The molecule has 1 atom stereocenters. The Hall–Kier alpha value is -1.55. The zero-order chi connectivity index (χ0) is 10.6. The maximum atomic E-state index is 10.8. The Morgan fingerprint density at radius 1 is 1.43 bits per heavy atom. The molecule has 76 valence electrons. The molecule has 0 heterocycles. The fourth-order valence-electron chi connectivity index (χ4n) is 1.18. The van der Waals surface area contributed by atoms with Crippen LogP contribution in [0, 0.1) is 0 Å². The van der Waals surface area contributed by atoms with Gasteiger partial charge in [0.05, 0.1) is 7.11 Å². The van der Waals surface area contributed by atoms with Gasteiger partial charge in [-0.05, 0) is 17.7 Å². The smallest absolute Gasteiger partial charge is 0.337 e. The Morgan fingerprint density at radius 3 is 2.64 bits per heavy atom. The number of carbonyl (C=O) groups is 1. The lowest BCUT2D eigenvalue weighted by Crippen LogP contribution is -2.13. The number of rotatable bonds is 4. The van der Waals surface area contributed by atoms with Crippen molar-refractivity contribution in [2.24, 2.45) is 0 Å². The van der Waals surface area contributed by atoms with Gasteiger partial charge in [0.1, 0.15) is 5.75 Å². The number of carboxylic acid groups (broad SMARTS) is 1. The maximum absolute atomic E-state index is 10.8. The molecule has 14 heavy (non-hydrogen) atoms. The summed E-state index contributed by atoms with van der Waals surface area (Å²) in [5.74, 6) is -0.397. The third kappa shape index (κ3) is 2.23. The summed E-state index contributed by atoms with van der Waals surface area (Å²) in [5, 5.41) is 8.82. The highest BCUT2D eigenvalue weighted by Crippen LogP contribution is 2.21. The lowest BCUT2D eigenvalue weighted by atomic mass is 10.1. The molecule has 0 bridgehead atoms. The summed E-state index contributed by atoms with van der Waals surface area (Å²) < 4.78 is 9.82. The van der Waals surface area contributed by atoms with E-state index in [2.05, 4.69) is 0 Å². The number of ether oxygens (including phenoxy) is 2. The van der Waals surface area contributed by atoms with Crippen molar-refractivity contribution in [1.29, 1.82) is 0 Å². The second-order valence-electron chi connectivity index (χ2n) is 2.73. The first-order valence-electron chi connectivity index (χ1n) is 4.08. The Labute approximate surface area is 82.1 Å². The first-order chi connectivity index (χ1) is 6.69. The molecule has 0 amide bonds. The van der Waals surface area contributed by atoms with Gasteiger partial charge < -0.3 is 14.6 Å². The van der Waals surface area contributed by atoms with Gasteiger partial charge in [0.25, 0.3) is 0 Å². The van der Waals surface area contributed by atoms with E-state index in [9.17, 15) is 4.79 Å². The molecule has 1 rings (SSSR count). The van der Waals surface area contributed by atoms with Gasteiger partial charge in [-0.1, -0.05) is 12.1 Å². The summed E-state index contributed by atoms with van der Waals surface area (Å²) in [7, 11) is 2.89. The van der Waals surface area contributed by atoms with Crippen LogP contribution in [0.15, 0.2) is 24.3 Å². The summed E-state index contributed by atoms with van der Waals surface area (Å²) in [5.41, 5.74) is 0.569. The highest BCUT2D eigenvalue weighted by Gasteiger charge is 2.18.